The number of esters is 1. The van der Waals surface area contributed by atoms with Crippen LogP contribution in [0.4, 0.5) is 0 Å². The van der Waals surface area contributed by atoms with Crippen LogP contribution in [0.2, 0.25) is 0 Å². The maximum atomic E-state index is 12.1. The Hall–Kier alpha value is -2.16. The smallest absolute Gasteiger partial charge is 0.340 e. The first-order valence-corrected chi connectivity index (χ1v) is 8.41. The predicted molar refractivity (Wildman–Crippen MR) is 97.6 cm³/mol. The van der Waals surface area contributed by atoms with E-state index in [2.05, 4.69) is 38.6 Å². The summed E-state index contributed by atoms with van der Waals surface area (Å²) < 4.78 is 5.44. The van der Waals surface area contributed by atoms with Gasteiger partial charge in [-0.3, -0.25) is 4.98 Å². The van der Waals surface area contributed by atoms with Crippen molar-refractivity contribution in [2.24, 2.45) is 17.3 Å². The number of ether oxygens (including phenoxy) is 1. The summed E-state index contributed by atoms with van der Waals surface area (Å²) in [5, 5.41) is 0. The lowest BCUT2D eigenvalue weighted by molar-refractivity contribution is 0.0508. The summed E-state index contributed by atoms with van der Waals surface area (Å²) in [6, 6.07) is 3.42. The topological polar surface area (TPSA) is 39.2 Å². The van der Waals surface area contributed by atoms with E-state index in [9.17, 15) is 4.79 Å². The van der Waals surface area contributed by atoms with Crippen molar-refractivity contribution in [1.82, 2.24) is 4.98 Å². The fraction of sp³-hybridized carbons (Fsp3) is 0.429. The number of rotatable bonds is 6. The second kappa shape index (κ2) is 7.61. The predicted octanol–water partition coefficient (Wildman–Crippen LogP) is 4.98. The van der Waals surface area contributed by atoms with Crippen LogP contribution in [0, 0.1) is 17.3 Å². The average molecular weight is 325 g/mol. The summed E-state index contributed by atoms with van der Waals surface area (Å²) in [5.41, 5.74) is 2.61. The summed E-state index contributed by atoms with van der Waals surface area (Å²) in [6.07, 6.45) is 8.33. The Morgan fingerprint density at radius 1 is 1.50 bits per heavy atom. The number of hydrogen-bond acceptors (Lipinski definition) is 3. The van der Waals surface area contributed by atoms with Crippen molar-refractivity contribution in [1.29, 1.82) is 0 Å². The third-order valence-corrected chi connectivity index (χ3v) is 5.29. The fourth-order valence-corrected chi connectivity index (χ4v) is 3.48. The third-order valence-electron chi connectivity index (χ3n) is 5.29. The molecule has 128 valence electrons. The maximum Gasteiger partial charge on any atom is 0.340 e. The van der Waals surface area contributed by atoms with Gasteiger partial charge in [0.05, 0.1) is 5.56 Å². The molecule has 1 aliphatic carbocycles. The van der Waals surface area contributed by atoms with Gasteiger partial charge in [-0.15, -0.1) is 6.58 Å². The van der Waals surface area contributed by atoms with Crippen LogP contribution in [0.3, 0.4) is 0 Å². The molecule has 0 aromatic carbocycles. The minimum atomic E-state index is -0.364. The Morgan fingerprint density at radius 3 is 2.83 bits per heavy atom. The summed E-state index contributed by atoms with van der Waals surface area (Å²) in [7, 11) is 0. The first-order chi connectivity index (χ1) is 11.4. The Labute approximate surface area is 145 Å². The number of pyridine rings is 1. The highest BCUT2D eigenvalue weighted by molar-refractivity contribution is 5.89. The van der Waals surface area contributed by atoms with Crippen molar-refractivity contribution < 1.29 is 9.53 Å². The Kier molecular flexibility index (Phi) is 5.76. The summed E-state index contributed by atoms with van der Waals surface area (Å²) in [4.78, 5) is 16.0. The van der Waals surface area contributed by atoms with Crippen LogP contribution < -0.4 is 0 Å². The SMILES string of the molecule is C=C[C@]1(C)CC[C@@H](C(=C)C)C[C@H]1C(=C)COC(=O)c1cccnc1. The van der Waals surface area contributed by atoms with Gasteiger partial charge in [0.1, 0.15) is 6.61 Å². The molecule has 0 spiro atoms. The van der Waals surface area contributed by atoms with Crippen LogP contribution in [0.15, 0.2) is 61.5 Å². The number of carbonyl (C=O) groups is 1. The zero-order valence-corrected chi connectivity index (χ0v) is 14.8. The lowest BCUT2D eigenvalue weighted by Gasteiger charge is -2.44. The number of aromatic nitrogens is 1. The Morgan fingerprint density at radius 2 is 2.25 bits per heavy atom. The molecule has 1 heterocycles. The van der Waals surface area contributed by atoms with E-state index in [1.54, 1.807) is 18.3 Å². The molecule has 0 bridgehead atoms. The number of allylic oxidation sites excluding steroid dienone is 2. The van der Waals surface area contributed by atoms with Gasteiger partial charge in [-0.1, -0.05) is 31.7 Å². The zero-order chi connectivity index (χ0) is 17.7. The van der Waals surface area contributed by atoms with E-state index in [0.717, 1.165) is 24.8 Å². The van der Waals surface area contributed by atoms with Crippen LogP contribution in [0.5, 0.6) is 0 Å². The van der Waals surface area contributed by atoms with Crippen LogP contribution in [0.1, 0.15) is 43.5 Å². The molecule has 1 saturated carbocycles. The van der Waals surface area contributed by atoms with Crippen molar-refractivity contribution in [3.63, 3.8) is 0 Å². The molecule has 0 aliphatic heterocycles. The molecule has 24 heavy (non-hydrogen) atoms. The Bertz CT molecular complexity index is 634. The van der Waals surface area contributed by atoms with Gasteiger partial charge in [0.25, 0.3) is 0 Å². The van der Waals surface area contributed by atoms with Gasteiger partial charge in [-0.05, 0) is 61.1 Å². The van der Waals surface area contributed by atoms with Crippen molar-refractivity contribution in [3.8, 4) is 0 Å². The van der Waals surface area contributed by atoms with Crippen LogP contribution in [-0.2, 0) is 4.74 Å². The highest BCUT2D eigenvalue weighted by Crippen LogP contribution is 2.48. The highest BCUT2D eigenvalue weighted by atomic mass is 16.5. The van der Waals surface area contributed by atoms with E-state index in [0.29, 0.717) is 11.5 Å². The van der Waals surface area contributed by atoms with Gasteiger partial charge in [0, 0.05) is 12.4 Å². The zero-order valence-electron chi connectivity index (χ0n) is 14.8. The van der Waals surface area contributed by atoms with Crippen LogP contribution in [0.25, 0.3) is 0 Å². The van der Waals surface area contributed by atoms with Crippen molar-refractivity contribution >= 4 is 5.97 Å². The van der Waals surface area contributed by atoms with E-state index < -0.39 is 0 Å². The summed E-state index contributed by atoms with van der Waals surface area (Å²) >= 11 is 0. The number of carbonyl (C=O) groups excluding carboxylic acids is 1. The molecule has 3 atom stereocenters. The minimum absolute atomic E-state index is 0.0102. The quantitative estimate of drug-likeness (QED) is 0.547. The van der Waals surface area contributed by atoms with Gasteiger partial charge in [0.15, 0.2) is 0 Å². The first kappa shape index (κ1) is 18.2. The molecule has 1 aromatic rings. The number of nitrogens with zero attached hydrogens (tertiary/aromatic N) is 1. The van der Waals surface area contributed by atoms with Gasteiger partial charge in [-0.25, -0.2) is 4.79 Å². The molecule has 1 aliphatic rings. The van der Waals surface area contributed by atoms with Gasteiger partial charge >= 0.3 is 5.97 Å². The Balaban J connectivity index is 2.04. The van der Waals surface area contributed by atoms with Gasteiger partial charge in [0.2, 0.25) is 0 Å². The molecule has 0 unspecified atom stereocenters. The van der Waals surface area contributed by atoms with E-state index in [1.807, 2.05) is 6.08 Å². The van der Waals surface area contributed by atoms with E-state index in [4.69, 9.17) is 4.74 Å². The van der Waals surface area contributed by atoms with Gasteiger partial charge in [-0.2, -0.15) is 0 Å². The lowest BCUT2D eigenvalue weighted by Crippen LogP contribution is -2.35. The van der Waals surface area contributed by atoms with Crippen molar-refractivity contribution in [2.45, 2.75) is 33.1 Å². The first-order valence-electron chi connectivity index (χ1n) is 8.41. The molecule has 0 amide bonds. The van der Waals surface area contributed by atoms with Crippen LogP contribution >= 0.6 is 0 Å². The molecule has 0 N–H and O–H groups in total. The van der Waals surface area contributed by atoms with Crippen molar-refractivity contribution in [2.75, 3.05) is 6.61 Å². The molecule has 0 radical (unpaired) electrons. The molecule has 3 heteroatoms. The maximum absolute atomic E-state index is 12.1. The second-order valence-electron chi connectivity index (χ2n) is 7.06. The van der Waals surface area contributed by atoms with E-state index >= 15 is 0 Å². The normalized spacial score (nSPS) is 26.4. The largest absolute Gasteiger partial charge is 0.458 e. The van der Waals surface area contributed by atoms with Crippen molar-refractivity contribution in [3.05, 3.63) is 67.0 Å². The van der Waals surface area contributed by atoms with Gasteiger partial charge < -0.3 is 4.74 Å². The van der Waals surface area contributed by atoms with E-state index in [-0.39, 0.29) is 23.9 Å². The second-order valence-corrected chi connectivity index (χ2v) is 7.06. The molecule has 2 rings (SSSR count). The minimum Gasteiger partial charge on any atom is -0.458 e. The fourth-order valence-electron chi connectivity index (χ4n) is 3.48. The monoisotopic (exact) mass is 325 g/mol. The average Bonchev–Trinajstić information content (AvgIpc) is 2.60. The van der Waals surface area contributed by atoms with E-state index in [1.165, 1.54) is 11.8 Å². The molecule has 1 aromatic heterocycles. The summed E-state index contributed by atoms with van der Waals surface area (Å²) in [6.45, 7) is 16.9. The summed E-state index contributed by atoms with van der Waals surface area (Å²) in [5.74, 6) is 0.373. The number of hydrogen-bond donors (Lipinski definition) is 0. The molecule has 3 nitrogen and oxygen atoms in total. The lowest BCUT2D eigenvalue weighted by atomic mass is 9.61. The van der Waals surface area contributed by atoms with Crippen LogP contribution in [-0.4, -0.2) is 17.6 Å². The molecule has 1 fully saturated rings. The standard InChI is InChI=1S/C21H27NO2/c1-6-21(5)10-9-17(15(2)3)12-19(21)16(4)14-24-20(23)18-8-7-11-22-13-18/h6-8,11,13,17,19H,1-2,4,9-10,12,14H2,3,5H3/t17-,19+,21-/m1/s1. The molecular formula is C21H27NO2. The third kappa shape index (κ3) is 4.02. The molecular weight excluding hydrogens is 298 g/mol. The molecule has 0 saturated heterocycles. The highest BCUT2D eigenvalue weighted by Gasteiger charge is 2.39.